The van der Waals surface area contributed by atoms with Crippen LogP contribution in [-0.4, -0.2) is 23.2 Å². The van der Waals surface area contributed by atoms with Crippen molar-refractivity contribution >= 4 is 16.5 Å². The first-order valence-electron chi connectivity index (χ1n) is 5.99. The average Bonchev–Trinajstić information content (AvgIpc) is 2.30. The van der Waals surface area contributed by atoms with Crippen molar-refractivity contribution in [2.24, 2.45) is 5.92 Å². The minimum absolute atomic E-state index is 0.529. The first kappa shape index (κ1) is 12.6. The summed E-state index contributed by atoms with van der Waals surface area (Å²) in [6, 6.07) is 5.60. The van der Waals surface area contributed by atoms with Crippen LogP contribution in [0.4, 0.5) is 5.69 Å². The van der Waals surface area contributed by atoms with E-state index in [1.807, 2.05) is 25.1 Å². The van der Waals surface area contributed by atoms with Gasteiger partial charge in [-0.1, -0.05) is 0 Å². The van der Waals surface area contributed by atoms with E-state index in [2.05, 4.69) is 0 Å². The summed E-state index contributed by atoms with van der Waals surface area (Å²) >= 11 is 0. The Morgan fingerprint density at radius 3 is 2.76 bits per heavy atom. The van der Waals surface area contributed by atoms with Crippen LogP contribution in [0.1, 0.15) is 18.4 Å². The van der Waals surface area contributed by atoms with E-state index in [4.69, 9.17) is 10.5 Å². The highest BCUT2D eigenvalue weighted by Gasteiger charge is 2.18. The summed E-state index contributed by atoms with van der Waals surface area (Å²) < 4.78 is 17.6. The maximum Gasteiger partial charge on any atom is 0.0535 e. The fourth-order valence-corrected chi connectivity index (χ4v) is 3.72. The van der Waals surface area contributed by atoms with Crippen LogP contribution in [0.15, 0.2) is 23.1 Å². The average molecular weight is 253 g/mol. The molecule has 1 unspecified atom stereocenters. The predicted octanol–water partition coefficient (Wildman–Crippen LogP) is 2.11. The zero-order valence-electron chi connectivity index (χ0n) is 10.1. The molecule has 1 saturated heterocycles. The van der Waals surface area contributed by atoms with Crippen molar-refractivity contribution in [3.63, 3.8) is 0 Å². The molecule has 2 rings (SSSR count). The van der Waals surface area contributed by atoms with E-state index in [-0.39, 0.29) is 0 Å². The van der Waals surface area contributed by atoms with Crippen LogP contribution in [0.2, 0.25) is 0 Å². The van der Waals surface area contributed by atoms with Gasteiger partial charge in [0, 0.05) is 29.5 Å². The van der Waals surface area contributed by atoms with E-state index >= 15 is 0 Å². The van der Waals surface area contributed by atoms with Gasteiger partial charge in [-0.25, -0.2) is 0 Å². The number of anilines is 1. The molecule has 0 radical (unpaired) electrons. The number of nitrogens with two attached hydrogens (primary N) is 1. The fraction of sp³-hybridized carbons (Fsp3) is 0.538. The van der Waals surface area contributed by atoms with Crippen molar-refractivity contribution in [1.82, 2.24) is 0 Å². The summed E-state index contributed by atoms with van der Waals surface area (Å²) in [7, 11) is -0.912. The van der Waals surface area contributed by atoms with Crippen molar-refractivity contribution in [3.05, 3.63) is 23.8 Å². The molecule has 0 aromatic heterocycles. The van der Waals surface area contributed by atoms with E-state index in [0.717, 1.165) is 48.0 Å². The number of rotatable bonds is 3. The van der Waals surface area contributed by atoms with Crippen molar-refractivity contribution in [3.8, 4) is 0 Å². The van der Waals surface area contributed by atoms with Crippen LogP contribution in [0, 0.1) is 12.8 Å². The van der Waals surface area contributed by atoms with E-state index in [0.29, 0.717) is 5.92 Å². The summed E-state index contributed by atoms with van der Waals surface area (Å²) in [6.45, 7) is 3.58. The second-order valence-corrected chi connectivity index (χ2v) is 6.06. The van der Waals surface area contributed by atoms with Gasteiger partial charge in [-0.2, -0.15) is 0 Å². The van der Waals surface area contributed by atoms with Crippen LogP contribution in [0.5, 0.6) is 0 Å². The maximum absolute atomic E-state index is 12.3. The molecule has 0 amide bonds. The Hall–Kier alpha value is -0.870. The minimum Gasteiger partial charge on any atom is -0.399 e. The molecule has 1 aliphatic rings. The standard InChI is InChI=1S/C13H19NO2S/c1-10-8-12(14)2-3-13(10)17(15)9-11-4-6-16-7-5-11/h2-3,8,11H,4-7,9,14H2,1H3. The van der Waals surface area contributed by atoms with Gasteiger partial charge in [0.1, 0.15) is 0 Å². The Morgan fingerprint density at radius 1 is 1.41 bits per heavy atom. The molecule has 0 spiro atoms. The number of hydrogen-bond donors (Lipinski definition) is 1. The zero-order chi connectivity index (χ0) is 12.3. The number of benzene rings is 1. The van der Waals surface area contributed by atoms with E-state index in [1.165, 1.54) is 0 Å². The molecule has 0 bridgehead atoms. The SMILES string of the molecule is Cc1cc(N)ccc1S(=O)CC1CCOCC1. The lowest BCUT2D eigenvalue weighted by Crippen LogP contribution is -2.21. The van der Waals surface area contributed by atoms with Crippen molar-refractivity contribution in [2.75, 3.05) is 24.7 Å². The van der Waals surface area contributed by atoms with Gasteiger partial charge in [-0.3, -0.25) is 4.21 Å². The Labute approximate surface area is 105 Å². The monoisotopic (exact) mass is 253 g/mol. The first-order valence-corrected chi connectivity index (χ1v) is 7.31. The van der Waals surface area contributed by atoms with Crippen LogP contribution < -0.4 is 5.73 Å². The Morgan fingerprint density at radius 2 is 2.12 bits per heavy atom. The van der Waals surface area contributed by atoms with Gasteiger partial charge in [0.2, 0.25) is 0 Å². The molecule has 0 aliphatic carbocycles. The van der Waals surface area contributed by atoms with Gasteiger partial charge >= 0.3 is 0 Å². The molecular weight excluding hydrogens is 234 g/mol. The van der Waals surface area contributed by atoms with Crippen LogP contribution >= 0.6 is 0 Å². The maximum atomic E-state index is 12.3. The molecule has 0 saturated carbocycles. The molecule has 17 heavy (non-hydrogen) atoms. The smallest absolute Gasteiger partial charge is 0.0535 e. The summed E-state index contributed by atoms with van der Waals surface area (Å²) in [6.07, 6.45) is 2.06. The second kappa shape index (κ2) is 5.65. The third kappa shape index (κ3) is 3.30. The Kier molecular flexibility index (Phi) is 4.18. The third-order valence-corrected chi connectivity index (χ3v) is 4.89. The van der Waals surface area contributed by atoms with Gasteiger partial charge in [0.25, 0.3) is 0 Å². The molecule has 1 atom stereocenters. The van der Waals surface area contributed by atoms with Crippen LogP contribution in [0.25, 0.3) is 0 Å². The first-order chi connectivity index (χ1) is 8.16. The molecule has 1 aromatic rings. The summed E-state index contributed by atoms with van der Waals surface area (Å²) in [5.74, 6) is 1.27. The van der Waals surface area contributed by atoms with Crippen molar-refractivity contribution in [1.29, 1.82) is 0 Å². The highest BCUT2D eigenvalue weighted by molar-refractivity contribution is 7.85. The van der Waals surface area contributed by atoms with Gasteiger partial charge in [0.15, 0.2) is 0 Å². The normalized spacial score (nSPS) is 19.1. The molecule has 1 aliphatic heterocycles. The lowest BCUT2D eigenvalue weighted by Gasteiger charge is -2.21. The van der Waals surface area contributed by atoms with Gasteiger partial charge in [0.05, 0.1) is 10.8 Å². The lowest BCUT2D eigenvalue weighted by atomic mass is 10.0. The number of aryl methyl sites for hydroxylation is 1. The van der Waals surface area contributed by atoms with Crippen molar-refractivity contribution < 1.29 is 8.95 Å². The molecule has 3 nitrogen and oxygen atoms in total. The fourth-order valence-electron chi connectivity index (χ4n) is 2.14. The van der Waals surface area contributed by atoms with Gasteiger partial charge in [-0.05, 0) is 49.4 Å². The number of ether oxygens (including phenoxy) is 1. The number of hydrogen-bond acceptors (Lipinski definition) is 3. The molecule has 1 aromatic carbocycles. The second-order valence-electron chi connectivity index (χ2n) is 4.59. The van der Waals surface area contributed by atoms with E-state index in [1.54, 1.807) is 0 Å². The van der Waals surface area contributed by atoms with E-state index < -0.39 is 10.8 Å². The predicted molar refractivity (Wildman–Crippen MR) is 70.4 cm³/mol. The lowest BCUT2D eigenvalue weighted by molar-refractivity contribution is 0.0725. The third-order valence-electron chi connectivity index (χ3n) is 3.17. The molecular formula is C13H19NO2S. The molecule has 2 N–H and O–H groups in total. The topological polar surface area (TPSA) is 52.3 Å². The molecule has 1 heterocycles. The molecule has 94 valence electrons. The van der Waals surface area contributed by atoms with Crippen molar-refractivity contribution in [2.45, 2.75) is 24.7 Å². The quantitative estimate of drug-likeness (QED) is 0.839. The molecule has 1 fully saturated rings. The summed E-state index contributed by atoms with van der Waals surface area (Å²) in [5.41, 5.74) is 7.45. The summed E-state index contributed by atoms with van der Waals surface area (Å²) in [5, 5.41) is 0. The van der Waals surface area contributed by atoms with Crippen LogP contribution in [0.3, 0.4) is 0 Å². The Balaban J connectivity index is 2.03. The number of nitrogen functional groups attached to an aromatic ring is 1. The zero-order valence-corrected chi connectivity index (χ0v) is 11.0. The Bertz CT molecular complexity index is 414. The highest BCUT2D eigenvalue weighted by atomic mass is 32.2. The minimum atomic E-state index is -0.912. The van der Waals surface area contributed by atoms with Gasteiger partial charge in [-0.15, -0.1) is 0 Å². The highest BCUT2D eigenvalue weighted by Crippen LogP contribution is 2.22. The van der Waals surface area contributed by atoms with Crippen LogP contribution in [-0.2, 0) is 15.5 Å². The summed E-state index contributed by atoms with van der Waals surface area (Å²) in [4.78, 5) is 0.922. The van der Waals surface area contributed by atoms with E-state index in [9.17, 15) is 4.21 Å². The molecule has 4 heteroatoms. The largest absolute Gasteiger partial charge is 0.399 e. The van der Waals surface area contributed by atoms with Gasteiger partial charge < -0.3 is 10.5 Å².